The molecule has 1 saturated heterocycles. The maximum atomic E-state index is 13.6. The Bertz CT molecular complexity index is 2400. The molecular formula is C48H52N3NaO8S. The average molecular weight is 854 g/mol. The van der Waals surface area contributed by atoms with Gasteiger partial charge >= 0.3 is 29.6 Å². The van der Waals surface area contributed by atoms with Crippen LogP contribution in [0.1, 0.15) is 83.9 Å². The molecule has 6 aliphatic heterocycles. The van der Waals surface area contributed by atoms with Gasteiger partial charge < -0.3 is 40.8 Å². The molecule has 7 N–H and O–H groups in total. The predicted molar refractivity (Wildman–Crippen MR) is 228 cm³/mol. The van der Waals surface area contributed by atoms with Crippen LogP contribution in [0.3, 0.4) is 0 Å². The van der Waals surface area contributed by atoms with Crippen molar-refractivity contribution in [1.29, 1.82) is 0 Å². The number of hydrogen-bond acceptors (Lipinski definition) is 9. The number of fused-ring (bicyclic) bond motifs is 7. The third kappa shape index (κ3) is 10.1. The van der Waals surface area contributed by atoms with E-state index in [1.165, 1.54) is 0 Å². The van der Waals surface area contributed by atoms with Crippen molar-refractivity contribution in [2.75, 3.05) is 13.2 Å². The first-order valence-electron chi connectivity index (χ1n) is 20.8. The summed E-state index contributed by atoms with van der Waals surface area (Å²) in [5.74, 6) is 5.05. The molecule has 0 amide bonds. The molecule has 11 rings (SSSR count). The van der Waals surface area contributed by atoms with Gasteiger partial charge in [0.2, 0.25) is 5.72 Å². The number of nitrogens with two attached hydrogens (primary N) is 2. The van der Waals surface area contributed by atoms with Gasteiger partial charge in [-0.05, 0) is 115 Å². The van der Waals surface area contributed by atoms with Crippen LogP contribution in [0.15, 0.2) is 114 Å². The normalized spacial score (nSPS) is 27.3. The summed E-state index contributed by atoms with van der Waals surface area (Å²) in [6, 6.07) is 29.9. The summed E-state index contributed by atoms with van der Waals surface area (Å²) >= 11 is 0. The summed E-state index contributed by atoms with van der Waals surface area (Å²) in [4.78, 5) is 4.78. The molecule has 9 unspecified atom stereocenters. The zero-order valence-corrected chi connectivity index (χ0v) is 37.2. The summed E-state index contributed by atoms with van der Waals surface area (Å²) in [5.41, 5.74) is 16.5. The van der Waals surface area contributed by atoms with Gasteiger partial charge in [-0.25, -0.2) is 13.4 Å². The van der Waals surface area contributed by atoms with E-state index in [2.05, 4.69) is 11.8 Å². The predicted octanol–water partition coefficient (Wildman–Crippen LogP) is 2.93. The SMILES string of the molecule is NC(N)=NC1(CC(CO)Cc2ccccc2)Oc2ccc(cc2)CCC(S(=O)(=O)[O-])C2C=C3CC(CC4CC(CO)CC#Cc5cc(O)ccc5C3O4)C2c2ccc1cc2.[Na+]. The summed E-state index contributed by atoms with van der Waals surface area (Å²) in [5, 5.41) is 30.4. The molecule has 11 nitrogen and oxygen atoms in total. The number of aliphatic hydroxyl groups is 2. The molecule has 314 valence electrons. The van der Waals surface area contributed by atoms with Crippen LogP contribution in [0.25, 0.3) is 0 Å². The van der Waals surface area contributed by atoms with Crippen molar-refractivity contribution in [3.05, 3.63) is 142 Å². The van der Waals surface area contributed by atoms with Gasteiger partial charge in [0, 0.05) is 42.7 Å². The molecule has 0 aromatic heterocycles. The Morgan fingerprint density at radius 3 is 2.43 bits per heavy atom. The molecule has 61 heavy (non-hydrogen) atoms. The minimum Gasteiger partial charge on any atom is -0.748 e. The number of aryl methyl sites for hydroxylation is 1. The Balaban J connectivity index is 0.00000561. The van der Waals surface area contributed by atoms with E-state index >= 15 is 0 Å². The second-order valence-electron chi connectivity index (χ2n) is 16.9. The quantitative estimate of drug-likeness (QED) is 0.0439. The molecule has 1 aliphatic carbocycles. The molecule has 9 atom stereocenters. The van der Waals surface area contributed by atoms with E-state index < -0.39 is 39.0 Å². The first-order chi connectivity index (χ1) is 28.9. The molecule has 6 heterocycles. The van der Waals surface area contributed by atoms with Crippen molar-refractivity contribution in [1.82, 2.24) is 0 Å². The van der Waals surface area contributed by atoms with Crippen molar-refractivity contribution < 1.29 is 67.3 Å². The minimum absolute atomic E-state index is 0. The zero-order valence-electron chi connectivity index (χ0n) is 34.4. The largest absolute Gasteiger partial charge is 1.00 e. The van der Waals surface area contributed by atoms with Crippen molar-refractivity contribution in [2.45, 2.75) is 80.5 Å². The Morgan fingerprint density at radius 1 is 0.984 bits per heavy atom. The van der Waals surface area contributed by atoms with Crippen LogP contribution < -0.4 is 45.8 Å². The Labute approximate surface area is 380 Å². The Kier molecular flexibility index (Phi) is 14.0. The van der Waals surface area contributed by atoms with Gasteiger partial charge in [0.05, 0.1) is 21.5 Å². The van der Waals surface area contributed by atoms with Crippen LogP contribution in [-0.2, 0) is 33.4 Å². The van der Waals surface area contributed by atoms with E-state index in [-0.39, 0.29) is 91.2 Å². The third-order valence-electron chi connectivity index (χ3n) is 12.8. The fourth-order valence-electron chi connectivity index (χ4n) is 10.1. The first kappa shape index (κ1) is 44.9. The van der Waals surface area contributed by atoms with Crippen molar-refractivity contribution in [3.63, 3.8) is 0 Å². The van der Waals surface area contributed by atoms with E-state index in [9.17, 15) is 28.3 Å². The molecule has 4 aromatic rings. The first-order valence-corrected chi connectivity index (χ1v) is 22.3. The van der Waals surface area contributed by atoms with E-state index in [4.69, 9.17) is 25.9 Å². The van der Waals surface area contributed by atoms with Crippen molar-refractivity contribution in [3.8, 4) is 23.3 Å². The van der Waals surface area contributed by atoms with Gasteiger partial charge in [-0.2, -0.15) is 0 Å². The van der Waals surface area contributed by atoms with Crippen molar-refractivity contribution in [2.24, 2.45) is 40.1 Å². The molecule has 13 heteroatoms. The molecule has 0 saturated carbocycles. The number of benzene rings is 4. The number of phenolic OH excluding ortho intramolecular Hbond substituents is 1. The number of aliphatic imine (C=N–C) groups is 1. The molecular weight excluding hydrogens is 802 g/mol. The third-order valence-corrected chi connectivity index (χ3v) is 14.1. The van der Waals surface area contributed by atoms with Gasteiger partial charge in [-0.1, -0.05) is 90.7 Å². The molecule has 7 aliphatic rings. The van der Waals surface area contributed by atoms with E-state index in [1.54, 1.807) is 24.3 Å². The number of guanidine groups is 1. The standard InChI is InChI=1S/C48H53N3O8S.Na/c49-47(50)51-48(27-33(29-53)21-31-5-2-1-3-6-31)38-14-12-34(13-15-38)45-36-23-37(26-43(45)44(60(55,56)57)20-11-30-9-17-40(59-48)18-10-30)46-42-19-16-39(54)24-35(42)8-4-7-32(28-52)22-41(25-36)58-46;/h1-3,5-6,9-10,12-19,24,26,32-33,36,41,43-46,52-54H,7,11,20-23,25,27-29H2,(H4,49,50,51)(H,55,56,57);/q;+1/p-1. The fraction of sp³-hybridized carbons (Fsp3) is 0.396. The van der Waals surface area contributed by atoms with Gasteiger partial charge in [-0.3, -0.25) is 0 Å². The number of allylic oxidation sites excluding steroid dienone is 1. The number of aliphatic hydroxyl groups excluding tert-OH is 2. The molecule has 1 fully saturated rings. The average Bonchev–Trinajstić information content (AvgIpc) is 3.36. The maximum absolute atomic E-state index is 13.6. The van der Waals surface area contributed by atoms with Crippen LogP contribution in [0, 0.1) is 35.5 Å². The van der Waals surface area contributed by atoms with Gasteiger partial charge in [0.1, 0.15) is 17.6 Å². The second-order valence-corrected chi connectivity index (χ2v) is 18.5. The monoisotopic (exact) mass is 853 g/mol. The molecule has 4 aromatic carbocycles. The van der Waals surface area contributed by atoms with Crippen LogP contribution in [0.5, 0.6) is 11.5 Å². The van der Waals surface area contributed by atoms with Crippen LogP contribution >= 0.6 is 0 Å². The zero-order chi connectivity index (χ0) is 42.0. The van der Waals surface area contributed by atoms with E-state index in [1.807, 2.05) is 78.9 Å². The number of rotatable bonds is 8. The summed E-state index contributed by atoms with van der Waals surface area (Å²) < 4.78 is 54.6. The van der Waals surface area contributed by atoms with Gasteiger partial charge in [0.25, 0.3) is 0 Å². The van der Waals surface area contributed by atoms with Crippen LogP contribution in [0.4, 0.5) is 0 Å². The Morgan fingerprint density at radius 2 is 1.74 bits per heavy atom. The fourth-order valence-corrected chi connectivity index (χ4v) is 11.1. The molecule has 0 radical (unpaired) electrons. The van der Waals surface area contributed by atoms with Gasteiger partial charge in [-0.15, -0.1) is 0 Å². The molecule has 8 bridgehead atoms. The summed E-state index contributed by atoms with van der Waals surface area (Å²) in [7, 11) is -4.84. The molecule has 0 spiro atoms. The number of aromatic hydroxyl groups is 1. The number of hydrogen-bond donors (Lipinski definition) is 5. The topological polar surface area (TPSA) is 201 Å². The Hall–Kier alpha value is -4.16. The van der Waals surface area contributed by atoms with Crippen molar-refractivity contribution >= 4 is 16.1 Å². The summed E-state index contributed by atoms with van der Waals surface area (Å²) in [6.45, 7) is -0.228. The second kappa shape index (κ2) is 19.1. The van der Waals surface area contributed by atoms with Crippen LogP contribution in [-0.4, -0.2) is 58.8 Å². The summed E-state index contributed by atoms with van der Waals surface area (Å²) in [6.07, 6.45) is 4.36. The number of ether oxygens (including phenoxy) is 2. The number of nitrogens with zero attached hydrogens (tertiary/aromatic N) is 1. The maximum Gasteiger partial charge on any atom is 1.00 e. The van der Waals surface area contributed by atoms with Crippen LogP contribution in [0.2, 0.25) is 0 Å². The van der Waals surface area contributed by atoms with E-state index in [0.29, 0.717) is 55.4 Å². The number of phenols is 1. The smallest absolute Gasteiger partial charge is 0.748 e. The van der Waals surface area contributed by atoms with Gasteiger partial charge in [0.15, 0.2) is 5.96 Å². The van der Waals surface area contributed by atoms with E-state index in [0.717, 1.165) is 27.8 Å². The minimum atomic E-state index is -4.84.